The minimum absolute atomic E-state index is 0. The van der Waals surface area contributed by atoms with Crippen molar-refractivity contribution >= 4 is 20.2 Å². The molecule has 10 heteroatoms. The molecular weight excluding hydrogens is 302 g/mol. The van der Waals surface area contributed by atoms with Crippen LogP contribution in [-0.2, 0) is 20.2 Å². The molecule has 0 N–H and O–H groups in total. The zero-order chi connectivity index (χ0) is 12.8. The summed E-state index contributed by atoms with van der Waals surface area (Å²) in [6.45, 7) is 1.99. The third-order valence-corrected chi connectivity index (χ3v) is 5.36. The van der Waals surface area contributed by atoms with Crippen molar-refractivity contribution in [3.63, 3.8) is 0 Å². The van der Waals surface area contributed by atoms with Gasteiger partial charge >= 0.3 is 59.1 Å². The Balaban J connectivity index is -0.00000112. The Morgan fingerprint density at radius 1 is 0.833 bits per heavy atom. The Labute approximate surface area is 153 Å². The first kappa shape index (κ1) is 24.8. The molecule has 18 heavy (non-hydrogen) atoms. The zero-order valence-electron chi connectivity index (χ0n) is 11.1. The van der Waals surface area contributed by atoms with Crippen LogP contribution >= 0.6 is 0 Å². The molecule has 0 aliphatic rings. The van der Waals surface area contributed by atoms with E-state index in [4.69, 9.17) is 0 Å². The molecule has 0 radical (unpaired) electrons. The van der Waals surface area contributed by atoms with E-state index >= 15 is 0 Å². The van der Waals surface area contributed by atoms with Crippen molar-refractivity contribution in [2.75, 3.05) is 0 Å². The fraction of sp³-hybridized carbons (Fsp3) is 1.00. The van der Waals surface area contributed by atoms with Gasteiger partial charge in [0.15, 0.2) is 0 Å². The molecule has 0 saturated heterocycles. The van der Waals surface area contributed by atoms with E-state index in [1.165, 1.54) is 0 Å². The number of hydrogen-bond acceptors (Lipinski definition) is 6. The summed E-state index contributed by atoms with van der Waals surface area (Å²) in [5, 5.41) is 0. The van der Waals surface area contributed by atoms with E-state index in [9.17, 15) is 25.9 Å². The molecule has 0 rings (SSSR count). The predicted molar refractivity (Wildman–Crippen MR) is 56.6 cm³/mol. The fourth-order valence-corrected chi connectivity index (χ4v) is 3.41. The molecule has 0 atom stereocenters. The van der Waals surface area contributed by atoms with Gasteiger partial charge in [0.05, 0.1) is 0 Å². The molecule has 0 unspecified atom stereocenters. The molecule has 0 aromatic carbocycles. The fourth-order valence-electron chi connectivity index (χ4n) is 1.35. The van der Waals surface area contributed by atoms with Gasteiger partial charge in [-0.1, -0.05) is 39.0 Å². The van der Waals surface area contributed by atoms with E-state index in [1.54, 1.807) is 0 Å². The first-order valence-electron chi connectivity index (χ1n) is 5.09. The minimum atomic E-state index is -5.07. The molecule has 0 aliphatic carbocycles. The normalized spacial score (nSPS) is 11.8. The first-order chi connectivity index (χ1) is 7.19. The first-order valence-corrected chi connectivity index (χ1v) is 8.03. The van der Waals surface area contributed by atoms with Crippen molar-refractivity contribution < 1.29 is 85.1 Å². The van der Waals surface area contributed by atoms with Crippen LogP contribution in [0.2, 0.25) is 0 Å². The maximum Gasteiger partial charge on any atom is 1.00 e. The molecule has 0 bridgehead atoms. The van der Waals surface area contributed by atoms with E-state index in [0.29, 0.717) is 6.42 Å². The van der Waals surface area contributed by atoms with Crippen molar-refractivity contribution in [1.29, 1.82) is 0 Å². The van der Waals surface area contributed by atoms with Crippen molar-refractivity contribution in [1.82, 2.24) is 0 Å². The molecule has 0 heterocycles. The van der Waals surface area contributed by atoms with Gasteiger partial charge in [0.2, 0.25) is 0 Å². The van der Waals surface area contributed by atoms with E-state index < -0.39 is 31.2 Å². The minimum Gasteiger partial charge on any atom is -0.747 e. The molecule has 0 saturated carbocycles. The van der Waals surface area contributed by atoms with Gasteiger partial charge in [0, 0.05) is 0 Å². The van der Waals surface area contributed by atoms with E-state index in [0.717, 1.165) is 19.3 Å². The van der Waals surface area contributed by atoms with Crippen LogP contribution in [0.4, 0.5) is 0 Å². The summed E-state index contributed by atoms with van der Waals surface area (Å²) in [5.74, 6) is 0. The summed E-state index contributed by atoms with van der Waals surface area (Å²) in [6, 6.07) is 0. The molecule has 0 aromatic rings. The maximum absolute atomic E-state index is 10.6. The molecule has 0 spiro atoms. The summed E-state index contributed by atoms with van der Waals surface area (Å²) in [4.78, 5) is 0. The van der Waals surface area contributed by atoms with E-state index in [2.05, 4.69) is 0 Å². The second-order valence-electron chi connectivity index (χ2n) is 3.62. The van der Waals surface area contributed by atoms with E-state index in [-0.39, 0.29) is 65.5 Å². The largest absolute Gasteiger partial charge is 1.00 e. The quantitative estimate of drug-likeness (QED) is 0.251. The third kappa shape index (κ3) is 11.6. The van der Waals surface area contributed by atoms with Crippen molar-refractivity contribution in [3.8, 4) is 0 Å². The van der Waals surface area contributed by atoms with Crippen LogP contribution in [0.15, 0.2) is 0 Å². The second kappa shape index (κ2) is 11.5. The van der Waals surface area contributed by atoms with Gasteiger partial charge in [-0.2, -0.15) is 0 Å². The van der Waals surface area contributed by atoms with Gasteiger partial charge in [-0.3, -0.25) is 0 Å². The summed E-state index contributed by atoms with van der Waals surface area (Å²) >= 11 is 0. The topological polar surface area (TPSA) is 114 Å². The smallest absolute Gasteiger partial charge is 0.747 e. The van der Waals surface area contributed by atoms with Crippen molar-refractivity contribution in [3.05, 3.63) is 0 Å². The van der Waals surface area contributed by atoms with Gasteiger partial charge in [0.1, 0.15) is 24.8 Å². The predicted octanol–water partition coefficient (Wildman–Crippen LogP) is -5.23. The van der Waals surface area contributed by atoms with Gasteiger partial charge < -0.3 is 9.11 Å². The van der Waals surface area contributed by atoms with Crippen molar-refractivity contribution in [2.45, 2.75) is 50.0 Å². The van der Waals surface area contributed by atoms with E-state index in [1.807, 2.05) is 6.92 Å². The maximum atomic E-state index is 10.6. The van der Waals surface area contributed by atoms with Gasteiger partial charge in [-0.25, -0.2) is 16.8 Å². The molecule has 0 aromatic heterocycles. The number of rotatable bonds is 8. The molecule has 0 fully saturated rings. The summed E-state index contributed by atoms with van der Waals surface area (Å²) < 4.78 is 61.0. The summed E-state index contributed by atoms with van der Waals surface area (Å²) in [7, 11) is -10.1. The Kier molecular flexibility index (Phi) is 15.8. The summed E-state index contributed by atoms with van der Waals surface area (Å²) in [6.07, 6.45) is 3.26. The van der Waals surface area contributed by atoms with Crippen molar-refractivity contribution in [2.24, 2.45) is 0 Å². The van der Waals surface area contributed by atoms with Crippen LogP contribution in [0.3, 0.4) is 0 Å². The van der Waals surface area contributed by atoms with Gasteiger partial charge in [0.25, 0.3) is 0 Å². The Morgan fingerprint density at radius 3 is 1.56 bits per heavy atom. The molecule has 0 amide bonds. The molecule has 6 nitrogen and oxygen atoms in total. The van der Waals surface area contributed by atoms with Crippen LogP contribution in [0.1, 0.15) is 45.4 Å². The summed E-state index contributed by atoms with van der Waals surface area (Å²) in [5.41, 5.74) is 0. The van der Waals surface area contributed by atoms with Gasteiger partial charge in [-0.15, -0.1) is 0 Å². The zero-order valence-corrected chi connectivity index (χ0v) is 16.7. The molecule has 0 aliphatic heterocycles. The Bertz CT molecular complexity index is 360. The Morgan fingerprint density at radius 2 is 1.22 bits per heavy atom. The van der Waals surface area contributed by atoms with Crippen LogP contribution in [0.25, 0.3) is 0 Å². The SMILES string of the molecule is CCCCCCCC(S(=O)(=O)[O-])S(=O)(=O)[O-].[Na+].[Na+]. The molecule has 98 valence electrons. The second-order valence-corrected chi connectivity index (χ2v) is 7.03. The van der Waals surface area contributed by atoms with Crippen LogP contribution < -0.4 is 59.1 Å². The van der Waals surface area contributed by atoms with Crippen LogP contribution in [-0.4, -0.2) is 30.5 Å². The van der Waals surface area contributed by atoms with Crippen LogP contribution in [0.5, 0.6) is 0 Å². The third-order valence-electron chi connectivity index (χ3n) is 2.19. The number of unbranched alkanes of at least 4 members (excludes halogenated alkanes) is 4. The van der Waals surface area contributed by atoms with Crippen LogP contribution in [0, 0.1) is 0 Å². The average Bonchev–Trinajstić information content (AvgIpc) is 2.06. The monoisotopic (exact) mass is 318 g/mol. The standard InChI is InChI=1S/C8H18O6S2.2Na/c1-2-3-4-5-6-7-8(15(9,10)11)16(12,13)14;;/h8H,2-7H2,1H3,(H,9,10,11)(H,12,13,14);;/q;2*+1/p-2. The molecular formula is C8H16Na2O6S2. The van der Waals surface area contributed by atoms with Gasteiger partial charge in [-0.05, 0) is 6.42 Å². The number of hydrogen-bond donors (Lipinski definition) is 0. The Hall–Kier alpha value is 1.82. The average molecular weight is 318 g/mol.